The van der Waals surface area contributed by atoms with Crippen molar-refractivity contribution in [2.45, 2.75) is 284 Å². The van der Waals surface area contributed by atoms with E-state index in [1.165, 1.54) is 167 Å². The molecule has 1 unspecified atom stereocenters. The Morgan fingerprint density at radius 3 is 0.847 bits per heavy atom. The fourth-order valence-electron chi connectivity index (χ4n) is 7.49. The molecule has 0 aromatic rings. The first kappa shape index (κ1) is 56.9. The number of rotatable bonds is 47. The molecule has 0 aromatic heterocycles. The molecule has 1 atom stereocenters. The summed E-state index contributed by atoms with van der Waals surface area (Å²) in [7, 11) is 0. The van der Waals surface area contributed by atoms with Crippen LogP contribution in [0.15, 0.2) is 24.3 Å². The van der Waals surface area contributed by atoms with Gasteiger partial charge >= 0.3 is 17.9 Å². The molecular formula is C53H98O6. The van der Waals surface area contributed by atoms with E-state index >= 15 is 0 Å². The normalized spacial score (nSPS) is 12.1. The van der Waals surface area contributed by atoms with Gasteiger partial charge in [0.15, 0.2) is 6.10 Å². The molecule has 0 heterocycles. The molecule has 0 aliphatic heterocycles. The molecule has 0 radical (unpaired) electrons. The van der Waals surface area contributed by atoms with Crippen LogP contribution in [0.2, 0.25) is 0 Å². The summed E-state index contributed by atoms with van der Waals surface area (Å²) < 4.78 is 16.8. The summed E-state index contributed by atoms with van der Waals surface area (Å²) in [6.07, 6.45) is 54.4. The Balaban J connectivity index is 4.36. The summed E-state index contributed by atoms with van der Waals surface area (Å²) in [5, 5.41) is 0. The Morgan fingerprint density at radius 1 is 0.322 bits per heavy atom. The van der Waals surface area contributed by atoms with Gasteiger partial charge in [0.2, 0.25) is 0 Å². The predicted octanol–water partition coefficient (Wildman–Crippen LogP) is 16.8. The lowest BCUT2D eigenvalue weighted by molar-refractivity contribution is -0.167. The Hall–Kier alpha value is -2.11. The lowest BCUT2D eigenvalue weighted by Gasteiger charge is -2.18. The van der Waals surface area contributed by atoms with Gasteiger partial charge in [0, 0.05) is 19.3 Å². The highest BCUT2D eigenvalue weighted by molar-refractivity contribution is 5.71. The molecule has 0 N–H and O–H groups in total. The first-order valence-corrected chi connectivity index (χ1v) is 25.8. The summed E-state index contributed by atoms with van der Waals surface area (Å²) in [6, 6.07) is 0. The Bertz CT molecular complexity index is 958. The Labute approximate surface area is 366 Å². The summed E-state index contributed by atoms with van der Waals surface area (Å²) in [6.45, 7) is 6.63. The van der Waals surface area contributed by atoms with Gasteiger partial charge in [0.05, 0.1) is 0 Å². The van der Waals surface area contributed by atoms with Crippen LogP contribution in [0.1, 0.15) is 278 Å². The minimum absolute atomic E-state index is 0.0737. The third-order valence-corrected chi connectivity index (χ3v) is 11.4. The molecule has 0 saturated carbocycles. The smallest absolute Gasteiger partial charge is 0.306 e. The van der Waals surface area contributed by atoms with Crippen molar-refractivity contribution in [2.24, 2.45) is 0 Å². The van der Waals surface area contributed by atoms with Gasteiger partial charge in [-0.3, -0.25) is 14.4 Å². The number of carbonyl (C=O) groups is 3. The van der Waals surface area contributed by atoms with Gasteiger partial charge in [-0.15, -0.1) is 0 Å². The molecule has 59 heavy (non-hydrogen) atoms. The van der Waals surface area contributed by atoms with E-state index in [0.717, 1.165) is 70.6 Å². The fourth-order valence-corrected chi connectivity index (χ4v) is 7.49. The first-order valence-electron chi connectivity index (χ1n) is 25.8. The molecule has 0 fully saturated rings. The molecule has 0 amide bonds. The second-order valence-electron chi connectivity index (χ2n) is 17.4. The van der Waals surface area contributed by atoms with E-state index in [0.29, 0.717) is 19.3 Å². The average molecular weight is 831 g/mol. The molecule has 0 aromatic carbocycles. The fraction of sp³-hybridized carbons (Fsp3) is 0.868. The van der Waals surface area contributed by atoms with Crippen molar-refractivity contribution >= 4 is 17.9 Å². The van der Waals surface area contributed by atoms with Crippen LogP contribution in [-0.2, 0) is 28.6 Å². The number of hydrogen-bond donors (Lipinski definition) is 0. The van der Waals surface area contributed by atoms with Crippen molar-refractivity contribution in [3.63, 3.8) is 0 Å². The van der Waals surface area contributed by atoms with Crippen LogP contribution in [0, 0.1) is 0 Å². The van der Waals surface area contributed by atoms with Crippen LogP contribution >= 0.6 is 0 Å². The van der Waals surface area contributed by atoms with Crippen molar-refractivity contribution in [1.29, 1.82) is 0 Å². The van der Waals surface area contributed by atoms with Crippen LogP contribution in [-0.4, -0.2) is 37.2 Å². The Morgan fingerprint density at radius 2 is 0.559 bits per heavy atom. The standard InChI is InChI=1S/C53H98O6/c1-4-7-10-13-16-19-22-24-26-28-31-34-37-40-43-46-52(55)58-49-50(48-57-51(54)45-42-39-36-33-30-21-18-15-12-9-6-3)59-53(56)47-44-41-38-35-32-29-27-25-23-20-17-14-11-8-5-2/h24-27,50H,4-23,28-49H2,1-3H3/b26-24+,27-25+. The van der Waals surface area contributed by atoms with Crippen LogP contribution in [0.4, 0.5) is 0 Å². The number of carbonyl (C=O) groups excluding carboxylic acids is 3. The van der Waals surface area contributed by atoms with E-state index in [4.69, 9.17) is 14.2 Å². The zero-order valence-corrected chi connectivity index (χ0v) is 39.5. The topological polar surface area (TPSA) is 78.9 Å². The monoisotopic (exact) mass is 831 g/mol. The number of allylic oxidation sites excluding steroid dienone is 4. The van der Waals surface area contributed by atoms with Crippen molar-refractivity contribution in [3.05, 3.63) is 24.3 Å². The number of unbranched alkanes of at least 4 members (excludes halogenated alkanes) is 32. The molecule has 0 spiro atoms. The molecule has 6 heteroatoms. The summed E-state index contributed by atoms with van der Waals surface area (Å²) in [4.78, 5) is 37.9. The molecule has 0 bridgehead atoms. The number of esters is 3. The quantitative estimate of drug-likeness (QED) is 0.0263. The second-order valence-corrected chi connectivity index (χ2v) is 17.4. The van der Waals surface area contributed by atoms with Gasteiger partial charge in [-0.1, -0.05) is 212 Å². The molecule has 0 rings (SSSR count). The lowest BCUT2D eigenvalue weighted by atomic mass is 10.1. The van der Waals surface area contributed by atoms with Crippen molar-refractivity contribution in [1.82, 2.24) is 0 Å². The van der Waals surface area contributed by atoms with Crippen LogP contribution in [0.3, 0.4) is 0 Å². The number of ether oxygens (including phenoxy) is 3. The summed E-state index contributed by atoms with van der Waals surface area (Å²) in [5.41, 5.74) is 0. The van der Waals surface area contributed by atoms with E-state index in [1.807, 2.05) is 0 Å². The SMILES string of the molecule is CCCCCCCC/C=C/CCCCCCCC(=O)OCC(COC(=O)CCCCCCCCCCCCC)OC(=O)CCCCCCC/C=C/CCCCCCCC. The third kappa shape index (κ3) is 46.8. The maximum absolute atomic E-state index is 12.8. The van der Waals surface area contributed by atoms with Crippen LogP contribution < -0.4 is 0 Å². The van der Waals surface area contributed by atoms with E-state index < -0.39 is 6.10 Å². The zero-order valence-electron chi connectivity index (χ0n) is 39.5. The minimum Gasteiger partial charge on any atom is -0.462 e. The predicted molar refractivity (Wildman–Crippen MR) is 252 cm³/mol. The molecule has 6 nitrogen and oxygen atoms in total. The highest BCUT2D eigenvalue weighted by Gasteiger charge is 2.19. The van der Waals surface area contributed by atoms with Crippen LogP contribution in [0.25, 0.3) is 0 Å². The molecule has 0 aliphatic rings. The van der Waals surface area contributed by atoms with Crippen molar-refractivity contribution < 1.29 is 28.6 Å². The zero-order chi connectivity index (χ0) is 43.0. The second kappa shape index (κ2) is 48.6. The van der Waals surface area contributed by atoms with Gasteiger partial charge < -0.3 is 14.2 Å². The van der Waals surface area contributed by atoms with Gasteiger partial charge in [-0.05, 0) is 70.6 Å². The van der Waals surface area contributed by atoms with Crippen LogP contribution in [0.5, 0.6) is 0 Å². The van der Waals surface area contributed by atoms with E-state index in [9.17, 15) is 14.4 Å². The van der Waals surface area contributed by atoms with E-state index in [1.54, 1.807) is 0 Å². The van der Waals surface area contributed by atoms with Crippen molar-refractivity contribution in [3.8, 4) is 0 Å². The van der Waals surface area contributed by atoms with Crippen molar-refractivity contribution in [2.75, 3.05) is 13.2 Å². The van der Waals surface area contributed by atoms with Gasteiger partial charge in [-0.2, -0.15) is 0 Å². The highest BCUT2D eigenvalue weighted by Crippen LogP contribution is 2.15. The third-order valence-electron chi connectivity index (χ3n) is 11.4. The van der Waals surface area contributed by atoms with Gasteiger partial charge in [-0.25, -0.2) is 0 Å². The molecule has 346 valence electrons. The summed E-state index contributed by atoms with van der Waals surface area (Å²) >= 11 is 0. The maximum Gasteiger partial charge on any atom is 0.306 e. The largest absolute Gasteiger partial charge is 0.462 e. The highest BCUT2D eigenvalue weighted by atomic mass is 16.6. The first-order chi connectivity index (χ1) is 29.0. The molecular weight excluding hydrogens is 733 g/mol. The summed E-state index contributed by atoms with van der Waals surface area (Å²) in [5.74, 6) is -0.880. The van der Waals surface area contributed by atoms with E-state index in [-0.39, 0.29) is 31.1 Å². The molecule has 0 saturated heterocycles. The average Bonchev–Trinajstić information content (AvgIpc) is 3.23. The minimum atomic E-state index is -0.773. The van der Waals surface area contributed by atoms with Gasteiger partial charge in [0.1, 0.15) is 13.2 Å². The maximum atomic E-state index is 12.8. The van der Waals surface area contributed by atoms with E-state index in [2.05, 4.69) is 45.1 Å². The Kier molecular flexibility index (Phi) is 46.8. The van der Waals surface area contributed by atoms with Gasteiger partial charge in [0.25, 0.3) is 0 Å². The molecule has 0 aliphatic carbocycles. The lowest BCUT2D eigenvalue weighted by Crippen LogP contribution is -2.30. The number of hydrogen-bond acceptors (Lipinski definition) is 6.